The van der Waals surface area contributed by atoms with Gasteiger partial charge >= 0.3 is 0 Å². The number of rotatable bonds is 4. The summed E-state index contributed by atoms with van der Waals surface area (Å²) in [7, 11) is 1.90. The first-order chi connectivity index (χ1) is 8.85. The van der Waals surface area contributed by atoms with Crippen LogP contribution in [0.15, 0.2) is 29.8 Å². The highest BCUT2D eigenvalue weighted by molar-refractivity contribution is 5.84. The van der Waals surface area contributed by atoms with Crippen molar-refractivity contribution in [3.8, 4) is 0 Å². The molecule has 18 heavy (non-hydrogen) atoms. The van der Waals surface area contributed by atoms with E-state index in [0.29, 0.717) is 5.92 Å². The highest BCUT2D eigenvalue weighted by Crippen LogP contribution is 2.24. The lowest BCUT2D eigenvalue weighted by Crippen LogP contribution is -2.28. The Kier molecular flexibility index (Phi) is 4.53. The van der Waals surface area contributed by atoms with Crippen LogP contribution in [0.3, 0.4) is 0 Å². The van der Waals surface area contributed by atoms with Crippen molar-refractivity contribution < 1.29 is 4.79 Å². The van der Waals surface area contributed by atoms with Crippen molar-refractivity contribution in [2.24, 2.45) is 5.92 Å². The van der Waals surface area contributed by atoms with Gasteiger partial charge in [0.2, 0.25) is 0 Å². The molecule has 0 atom stereocenters. The monoisotopic (exact) mass is 244 g/mol. The summed E-state index contributed by atoms with van der Waals surface area (Å²) < 4.78 is 0. The fourth-order valence-electron chi connectivity index (χ4n) is 2.43. The number of benzene rings is 1. The molecule has 0 radical (unpaired) electrons. The van der Waals surface area contributed by atoms with Gasteiger partial charge in [0.05, 0.1) is 0 Å². The van der Waals surface area contributed by atoms with Gasteiger partial charge in [-0.1, -0.05) is 18.2 Å². The summed E-state index contributed by atoms with van der Waals surface area (Å²) in [5.74, 6) is 0.397. The molecule has 0 saturated carbocycles. The molecule has 96 valence electrons. The zero-order valence-electron chi connectivity index (χ0n) is 10.8. The smallest absolute Gasteiger partial charge is 0.146 e. The van der Waals surface area contributed by atoms with E-state index in [9.17, 15) is 4.79 Å². The Balaban J connectivity index is 2.25. The number of carbonyl (C=O) groups excluding carboxylic acids is 1. The molecule has 0 aromatic heterocycles. The van der Waals surface area contributed by atoms with Crippen LogP contribution in [0.2, 0.25) is 0 Å². The van der Waals surface area contributed by atoms with Crippen molar-refractivity contribution >= 4 is 18.0 Å². The lowest BCUT2D eigenvalue weighted by atomic mass is 9.89. The molecule has 3 nitrogen and oxygen atoms in total. The summed E-state index contributed by atoms with van der Waals surface area (Å²) in [6.45, 7) is 2.01. The van der Waals surface area contributed by atoms with Gasteiger partial charge in [-0.3, -0.25) is 4.79 Å². The van der Waals surface area contributed by atoms with Crippen molar-refractivity contribution in [2.45, 2.75) is 12.8 Å². The molecular weight excluding hydrogens is 224 g/mol. The van der Waals surface area contributed by atoms with Crippen LogP contribution in [-0.4, -0.2) is 26.4 Å². The van der Waals surface area contributed by atoms with E-state index in [1.54, 1.807) is 0 Å². The predicted molar refractivity (Wildman–Crippen MR) is 75.6 cm³/mol. The van der Waals surface area contributed by atoms with E-state index in [2.05, 4.69) is 10.6 Å². The molecule has 1 heterocycles. The zero-order valence-corrected chi connectivity index (χ0v) is 10.8. The fourth-order valence-corrected chi connectivity index (χ4v) is 2.43. The number of aldehydes is 1. The average Bonchev–Trinajstić information content (AvgIpc) is 2.46. The fraction of sp³-hybridized carbons (Fsp3) is 0.400. The summed E-state index contributed by atoms with van der Waals surface area (Å²) in [6, 6.07) is 8.05. The van der Waals surface area contributed by atoms with Crippen LogP contribution in [0.5, 0.6) is 0 Å². The van der Waals surface area contributed by atoms with Crippen LogP contribution in [-0.2, 0) is 4.79 Å². The van der Waals surface area contributed by atoms with Crippen LogP contribution in [0.1, 0.15) is 18.4 Å². The van der Waals surface area contributed by atoms with Crippen LogP contribution in [0.25, 0.3) is 6.08 Å². The molecular formula is C15H20N2O. The Morgan fingerprint density at radius 2 is 2.06 bits per heavy atom. The number of hydrogen-bond acceptors (Lipinski definition) is 3. The van der Waals surface area contributed by atoms with Crippen molar-refractivity contribution in [1.29, 1.82) is 0 Å². The molecule has 1 aliphatic rings. The third kappa shape index (κ3) is 2.99. The van der Waals surface area contributed by atoms with E-state index in [4.69, 9.17) is 0 Å². The van der Waals surface area contributed by atoms with Gasteiger partial charge in [-0.05, 0) is 55.1 Å². The molecule has 1 saturated heterocycles. The number of carbonyl (C=O) groups is 1. The number of allylic oxidation sites excluding steroid dienone is 1. The number of para-hydroxylation sites is 1. The molecule has 0 amide bonds. The minimum atomic E-state index is 0.397. The molecule has 0 spiro atoms. The van der Waals surface area contributed by atoms with E-state index in [-0.39, 0.29) is 0 Å². The molecule has 2 N–H and O–H groups in total. The lowest BCUT2D eigenvalue weighted by Gasteiger charge is -2.22. The third-order valence-electron chi connectivity index (χ3n) is 3.50. The largest absolute Gasteiger partial charge is 0.388 e. The molecule has 1 aliphatic heterocycles. The SMILES string of the molecule is CNc1ccccc1/C=C(\C=O)C1CCNCC1. The predicted octanol–water partition coefficient (Wildman–Crippen LogP) is 2.31. The average molecular weight is 244 g/mol. The van der Waals surface area contributed by atoms with Gasteiger partial charge in [0.1, 0.15) is 6.29 Å². The maximum Gasteiger partial charge on any atom is 0.146 e. The van der Waals surface area contributed by atoms with E-state index < -0.39 is 0 Å². The topological polar surface area (TPSA) is 41.1 Å². The normalized spacial score (nSPS) is 17.5. The van der Waals surface area contributed by atoms with Gasteiger partial charge in [0, 0.05) is 12.7 Å². The Labute approximate surface area is 108 Å². The van der Waals surface area contributed by atoms with Crippen LogP contribution in [0, 0.1) is 5.92 Å². The first-order valence-electron chi connectivity index (χ1n) is 6.49. The second-order valence-electron chi connectivity index (χ2n) is 4.62. The summed E-state index contributed by atoms with van der Waals surface area (Å²) in [5.41, 5.74) is 3.06. The molecule has 0 bridgehead atoms. The maximum absolute atomic E-state index is 11.3. The first-order valence-corrected chi connectivity index (χ1v) is 6.49. The number of hydrogen-bond donors (Lipinski definition) is 2. The van der Waals surface area contributed by atoms with E-state index in [1.807, 2.05) is 37.4 Å². The van der Waals surface area contributed by atoms with Gasteiger partial charge in [0.25, 0.3) is 0 Å². The number of nitrogens with one attached hydrogen (secondary N) is 2. The van der Waals surface area contributed by atoms with Crippen molar-refractivity contribution in [2.75, 3.05) is 25.5 Å². The summed E-state index contributed by atoms with van der Waals surface area (Å²) in [6.07, 6.45) is 5.13. The highest BCUT2D eigenvalue weighted by atomic mass is 16.1. The van der Waals surface area contributed by atoms with Gasteiger partial charge in [0.15, 0.2) is 0 Å². The van der Waals surface area contributed by atoms with Gasteiger partial charge in [-0.2, -0.15) is 0 Å². The quantitative estimate of drug-likeness (QED) is 0.631. The van der Waals surface area contributed by atoms with Crippen LogP contribution in [0.4, 0.5) is 5.69 Å². The highest BCUT2D eigenvalue weighted by Gasteiger charge is 2.17. The van der Waals surface area contributed by atoms with Crippen molar-refractivity contribution in [3.63, 3.8) is 0 Å². The summed E-state index contributed by atoms with van der Waals surface area (Å²) in [4.78, 5) is 11.3. The Bertz CT molecular complexity index is 434. The Hall–Kier alpha value is -1.61. The lowest BCUT2D eigenvalue weighted by molar-refractivity contribution is -0.105. The van der Waals surface area contributed by atoms with E-state index >= 15 is 0 Å². The van der Waals surface area contributed by atoms with E-state index in [1.165, 1.54) is 0 Å². The molecule has 0 aliphatic carbocycles. The third-order valence-corrected chi connectivity index (χ3v) is 3.50. The van der Waals surface area contributed by atoms with Gasteiger partial charge < -0.3 is 10.6 Å². The second kappa shape index (κ2) is 6.36. The molecule has 0 unspecified atom stereocenters. The standard InChI is InChI=1S/C15H20N2O/c1-16-15-5-3-2-4-13(15)10-14(11-18)12-6-8-17-9-7-12/h2-5,10-12,16-17H,6-9H2,1H3/b14-10+. The number of piperidine rings is 1. The molecule has 1 fully saturated rings. The summed E-state index contributed by atoms with van der Waals surface area (Å²) in [5, 5.41) is 6.48. The molecule has 2 rings (SSSR count). The Morgan fingerprint density at radius 3 is 2.72 bits per heavy atom. The molecule has 3 heteroatoms. The second-order valence-corrected chi connectivity index (χ2v) is 4.62. The van der Waals surface area contributed by atoms with Gasteiger partial charge in [-0.25, -0.2) is 0 Å². The zero-order chi connectivity index (χ0) is 12.8. The van der Waals surface area contributed by atoms with E-state index in [0.717, 1.165) is 49.0 Å². The molecule has 1 aromatic carbocycles. The van der Waals surface area contributed by atoms with Crippen molar-refractivity contribution in [1.82, 2.24) is 5.32 Å². The van der Waals surface area contributed by atoms with Crippen LogP contribution < -0.4 is 10.6 Å². The minimum Gasteiger partial charge on any atom is -0.388 e. The molecule has 1 aromatic rings. The maximum atomic E-state index is 11.3. The number of anilines is 1. The van der Waals surface area contributed by atoms with Crippen LogP contribution >= 0.6 is 0 Å². The Morgan fingerprint density at radius 1 is 1.33 bits per heavy atom. The summed E-state index contributed by atoms with van der Waals surface area (Å²) >= 11 is 0. The first kappa shape index (κ1) is 12.8. The van der Waals surface area contributed by atoms with Crippen molar-refractivity contribution in [3.05, 3.63) is 35.4 Å². The minimum absolute atomic E-state index is 0.397. The van der Waals surface area contributed by atoms with Gasteiger partial charge in [-0.15, -0.1) is 0 Å².